The third-order valence-corrected chi connectivity index (χ3v) is 7.13. The van der Waals surface area contributed by atoms with Crippen molar-refractivity contribution in [3.8, 4) is 0 Å². The van der Waals surface area contributed by atoms with Crippen LogP contribution in [0, 0.1) is 23.2 Å². The van der Waals surface area contributed by atoms with Crippen LogP contribution in [-0.4, -0.2) is 31.6 Å². The zero-order valence-corrected chi connectivity index (χ0v) is 16.3. The van der Waals surface area contributed by atoms with Crippen LogP contribution >= 0.6 is 0 Å². The second kappa shape index (κ2) is 7.17. The van der Waals surface area contributed by atoms with Crippen molar-refractivity contribution >= 4 is 17.6 Å². The van der Waals surface area contributed by atoms with Gasteiger partial charge in [0.1, 0.15) is 0 Å². The number of para-hydroxylation sites is 1. The summed E-state index contributed by atoms with van der Waals surface area (Å²) in [5.41, 5.74) is 1.40. The molecule has 0 spiro atoms. The van der Waals surface area contributed by atoms with Gasteiger partial charge in [0, 0.05) is 18.8 Å². The molecule has 4 aliphatic rings. The Labute approximate surface area is 161 Å². The lowest BCUT2D eigenvalue weighted by Gasteiger charge is -2.59. The first kappa shape index (κ1) is 18.3. The zero-order valence-electron chi connectivity index (χ0n) is 16.3. The standard InChI is InChI=1S/C22H30N2O3/c1-14(22-10-15-7-16(11-22)9-17(8-15)12-22)24-20(25)13-27-21(26)18-5-3-4-6-19(18)23-2/h3-6,14-17,23H,7-13H2,1-2H3,(H,24,25)/t14-,15?,16?,17?,22?/m0/s1. The molecule has 4 saturated carbocycles. The number of ether oxygens (including phenoxy) is 1. The molecule has 5 rings (SSSR count). The largest absolute Gasteiger partial charge is 0.452 e. The molecule has 4 aliphatic carbocycles. The average molecular weight is 370 g/mol. The first-order valence-corrected chi connectivity index (χ1v) is 10.2. The molecule has 5 heteroatoms. The predicted molar refractivity (Wildman–Crippen MR) is 104 cm³/mol. The smallest absolute Gasteiger partial charge is 0.340 e. The maximum absolute atomic E-state index is 12.4. The number of anilines is 1. The summed E-state index contributed by atoms with van der Waals surface area (Å²) < 4.78 is 5.26. The van der Waals surface area contributed by atoms with E-state index in [9.17, 15) is 9.59 Å². The number of amides is 1. The van der Waals surface area contributed by atoms with Gasteiger partial charge in [-0.2, -0.15) is 0 Å². The van der Waals surface area contributed by atoms with Crippen LogP contribution in [0.2, 0.25) is 0 Å². The summed E-state index contributed by atoms with van der Waals surface area (Å²) in [5, 5.41) is 6.11. The van der Waals surface area contributed by atoms with Gasteiger partial charge in [-0.05, 0) is 80.8 Å². The average Bonchev–Trinajstić information content (AvgIpc) is 2.65. The number of hydrogen-bond donors (Lipinski definition) is 2. The maximum Gasteiger partial charge on any atom is 0.340 e. The van der Waals surface area contributed by atoms with Gasteiger partial charge in [-0.1, -0.05) is 12.1 Å². The van der Waals surface area contributed by atoms with Gasteiger partial charge >= 0.3 is 5.97 Å². The molecule has 0 radical (unpaired) electrons. The summed E-state index contributed by atoms with van der Waals surface area (Å²) in [6.07, 6.45) is 7.91. The molecule has 0 aromatic heterocycles. The fraction of sp³-hybridized carbons (Fsp3) is 0.636. The van der Waals surface area contributed by atoms with Crippen molar-refractivity contribution in [1.29, 1.82) is 0 Å². The van der Waals surface area contributed by atoms with Gasteiger partial charge in [0.15, 0.2) is 6.61 Å². The Bertz CT molecular complexity index is 695. The summed E-state index contributed by atoms with van der Waals surface area (Å²) in [6.45, 7) is 1.91. The van der Waals surface area contributed by atoms with Crippen LogP contribution in [0.3, 0.4) is 0 Å². The fourth-order valence-electron chi connectivity index (χ4n) is 6.23. The molecule has 0 heterocycles. The molecule has 0 aliphatic heterocycles. The first-order chi connectivity index (χ1) is 13.0. The van der Waals surface area contributed by atoms with E-state index in [0.717, 1.165) is 17.8 Å². The van der Waals surface area contributed by atoms with Crippen LogP contribution in [0.5, 0.6) is 0 Å². The Morgan fingerprint density at radius 1 is 1.11 bits per heavy atom. The van der Waals surface area contributed by atoms with Crippen LogP contribution in [0.25, 0.3) is 0 Å². The van der Waals surface area contributed by atoms with Gasteiger partial charge < -0.3 is 15.4 Å². The molecule has 4 fully saturated rings. The van der Waals surface area contributed by atoms with Gasteiger partial charge in [0.25, 0.3) is 5.91 Å². The molecular formula is C22H30N2O3. The van der Waals surface area contributed by atoms with E-state index in [4.69, 9.17) is 4.74 Å². The molecule has 1 amide bonds. The molecular weight excluding hydrogens is 340 g/mol. The van der Waals surface area contributed by atoms with Crippen LogP contribution in [0.4, 0.5) is 5.69 Å². The summed E-state index contributed by atoms with van der Waals surface area (Å²) in [4.78, 5) is 24.7. The van der Waals surface area contributed by atoms with Gasteiger partial charge in [-0.25, -0.2) is 4.79 Å². The molecule has 1 aromatic carbocycles. The Kier molecular flexibility index (Phi) is 4.87. The van der Waals surface area contributed by atoms with Crippen LogP contribution in [0.15, 0.2) is 24.3 Å². The lowest BCUT2D eigenvalue weighted by molar-refractivity contribution is -0.128. The number of nitrogens with one attached hydrogen (secondary N) is 2. The second-order valence-corrected chi connectivity index (χ2v) is 8.94. The molecule has 1 atom stereocenters. The Morgan fingerprint density at radius 2 is 1.70 bits per heavy atom. The van der Waals surface area contributed by atoms with Crippen LogP contribution in [-0.2, 0) is 9.53 Å². The third-order valence-electron chi connectivity index (χ3n) is 7.13. The SMILES string of the molecule is CNc1ccccc1C(=O)OCC(=O)N[C@@H](C)C12CC3CC(CC(C3)C1)C2. The molecule has 0 unspecified atom stereocenters. The van der Waals surface area contributed by atoms with E-state index in [1.807, 2.05) is 12.1 Å². The van der Waals surface area contributed by atoms with Gasteiger partial charge in [-0.3, -0.25) is 4.79 Å². The van der Waals surface area contributed by atoms with Crippen molar-refractivity contribution < 1.29 is 14.3 Å². The number of rotatable bonds is 6. The minimum atomic E-state index is -0.474. The van der Waals surface area contributed by atoms with Crippen molar-refractivity contribution in [2.45, 2.75) is 51.5 Å². The van der Waals surface area contributed by atoms with Crippen molar-refractivity contribution in [2.24, 2.45) is 23.2 Å². The van der Waals surface area contributed by atoms with Crippen LogP contribution in [0.1, 0.15) is 55.8 Å². The minimum Gasteiger partial charge on any atom is -0.452 e. The summed E-state index contributed by atoms with van der Waals surface area (Å²) in [6, 6.07) is 7.28. The maximum atomic E-state index is 12.4. The second-order valence-electron chi connectivity index (χ2n) is 8.94. The highest BCUT2D eigenvalue weighted by molar-refractivity contribution is 5.96. The quantitative estimate of drug-likeness (QED) is 0.751. The van der Waals surface area contributed by atoms with Crippen molar-refractivity contribution in [2.75, 3.05) is 19.0 Å². The predicted octanol–water partition coefficient (Wildman–Crippen LogP) is 3.61. The molecule has 27 heavy (non-hydrogen) atoms. The normalized spacial score (nSPS) is 32.0. The fourth-order valence-corrected chi connectivity index (χ4v) is 6.23. The van der Waals surface area contributed by atoms with E-state index in [1.54, 1.807) is 19.2 Å². The lowest BCUT2D eigenvalue weighted by atomic mass is 9.48. The van der Waals surface area contributed by atoms with Crippen molar-refractivity contribution in [1.82, 2.24) is 5.32 Å². The van der Waals surface area contributed by atoms with E-state index in [1.165, 1.54) is 38.5 Å². The molecule has 2 N–H and O–H groups in total. The Balaban J connectivity index is 1.32. The van der Waals surface area contributed by atoms with E-state index in [-0.39, 0.29) is 24.0 Å². The monoisotopic (exact) mass is 370 g/mol. The lowest BCUT2D eigenvalue weighted by Crippen LogP contribution is -2.56. The summed E-state index contributed by atoms with van der Waals surface area (Å²) in [5.74, 6) is 1.88. The van der Waals surface area contributed by atoms with Crippen molar-refractivity contribution in [3.63, 3.8) is 0 Å². The summed E-state index contributed by atoms with van der Waals surface area (Å²) in [7, 11) is 1.76. The molecule has 1 aromatic rings. The van der Waals surface area contributed by atoms with E-state index in [2.05, 4.69) is 17.6 Å². The number of benzene rings is 1. The number of carbonyl (C=O) groups is 2. The van der Waals surface area contributed by atoms with E-state index >= 15 is 0 Å². The molecule has 4 bridgehead atoms. The molecule has 0 saturated heterocycles. The first-order valence-electron chi connectivity index (χ1n) is 10.2. The highest BCUT2D eigenvalue weighted by atomic mass is 16.5. The van der Waals surface area contributed by atoms with Gasteiger partial charge in [0.2, 0.25) is 0 Å². The minimum absolute atomic E-state index is 0.140. The Morgan fingerprint density at radius 3 is 2.30 bits per heavy atom. The number of esters is 1. The highest BCUT2D eigenvalue weighted by Crippen LogP contribution is 2.61. The van der Waals surface area contributed by atoms with Crippen LogP contribution < -0.4 is 10.6 Å². The summed E-state index contributed by atoms with van der Waals surface area (Å²) >= 11 is 0. The number of hydrogen-bond acceptors (Lipinski definition) is 4. The topological polar surface area (TPSA) is 67.4 Å². The number of carbonyl (C=O) groups excluding carboxylic acids is 2. The van der Waals surface area contributed by atoms with Gasteiger partial charge in [0.05, 0.1) is 5.56 Å². The zero-order chi connectivity index (χ0) is 19.0. The highest BCUT2D eigenvalue weighted by Gasteiger charge is 2.53. The molecule has 146 valence electrons. The Hall–Kier alpha value is -2.04. The third kappa shape index (κ3) is 3.56. The van der Waals surface area contributed by atoms with Crippen molar-refractivity contribution in [3.05, 3.63) is 29.8 Å². The van der Waals surface area contributed by atoms with Gasteiger partial charge in [-0.15, -0.1) is 0 Å². The molecule has 5 nitrogen and oxygen atoms in total. The van der Waals surface area contributed by atoms with E-state index < -0.39 is 5.97 Å². The van der Waals surface area contributed by atoms with E-state index in [0.29, 0.717) is 11.3 Å².